The molecule has 0 spiro atoms. The zero-order chi connectivity index (χ0) is 15.5. The molecule has 0 saturated carbocycles. The van der Waals surface area contributed by atoms with Crippen LogP contribution in [0.15, 0.2) is 36.4 Å². The van der Waals surface area contributed by atoms with Gasteiger partial charge in [0.2, 0.25) is 0 Å². The van der Waals surface area contributed by atoms with Gasteiger partial charge in [-0.3, -0.25) is 9.69 Å². The molecule has 5 heteroatoms. The van der Waals surface area contributed by atoms with Gasteiger partial charge in [-0.05, 0) is 24.6 Å². The first kappa shape index (κ1) is 15.5. The van der Waals surface area contributed by atoms with Crippen LogP contribution in [0.2, 0.25) is 4.34 Å². The number of hydrogen-bond donors (Lipinski definition) is 0. The maximum absolute atomic E-state index is 12.4. The fraction of sp³-hybridized carbons (Fsp3) is 0.353. The second-order valence-electron chi connectivity index (χ2n) is 5.66. The summed E-state index contributed by atoms with van der Waals surface area (Å²) in [5.41, 5.74) is 2.63. The maximum atomic E-state index is 12.4. The van der Waals surface area contributed by atoms with E-state index in [1.54, 1.807) is 6.07 Å². The molecule has 1 saturated heterocycles. The van der Waals surface area contributed by atoms with Gasteiger partial charge in [0.15, 0.2) is 0 Å². The van der Waals surface area contributed by atoms with Gasteiger partial charge in [0, 0.05) is 32.7 Å². The van der Waals surface area contributed by atoms with E-state index >= 15 is 0 Å². The van der Waals surface area contributed by atoms with Crippen molar-refractivity contribution in [1.29, 1.82) is 0 Å². The number of nitrogens with zero attached hydrogens (tertiary/aromatic N) is 2. The van der Waals surface area contributed by atoms with Crippen LogP contribution < -0.4 is 0 Å². The van der Waals surface area contributed by atoms with E-state index in [2.05, 4.69) is 36.1 Å². The number of halogens is 1. The first-order chi connectivity index (χ1) is 10.6. The molecule has 1 fully saturated rings. The number of benzene rings is 1. The van der Waals surface area contributed by atoms with Crippen LogP contribution in [-0.2, 0) is 6.54 Å². The molecule has 1 amide bonds. The number of piperazine rings is 1. The molecule has 1 aromatic carbocycles. The van der Waals surface area contributed by atoms with Gasteiger partial charge >= 0.3 is 0 Å². The van der Waals surface area contributed by atoms with E-state index in [0.29, 0.717) is 4.34 Å². The van der Waals surface area contributed by atoms with E-state index in [4.69, 9.17) is 11.6 Å². The highest BCUT2D eigenvalue weighted by Gasteiger charge is 2.23. The van der Waals surface area contributed by atoms with Gasteiger partial charge < -0.3 is 4.90 Å². The maximum Gasteiger partial charge on any atom is 0.264 e. The van der Waals surface area contributed by atoms with E-state index in [1.807, 2.05) is 11.0 Å². The Labute approximate surface area is 140 Å². The standard InChI is InChI=1S/C17H19ClN2OS/c1-13-3-2-4-14(11-13)12-19-7-9-20(10-8-19)17(21)15-5-6-16(18)22-15/h2-6,11H,7-10,12H2,1H3. The normalized spacial score (nSPS) is 16.0. The average molecular weight is 335 g/mol. The summed E-state index contributed by atoms with van der Waals surface area (Å²) in [7, 11) is 0. The molecule has 1 aliphatic rings. The lowest BCUT2D eigenvalue weighted by atomic mass is 10.1. The molecule has 0 bridgehead atoms. The highest BCUT2D eigenvalue weighted by Crippen LogP contribution is 2.23. The molecule has 3 rings (SSSR count). The number of carbonyl (C=O) groups is 1. The quantitative estimate of drug-likeness (QED) is 0.855. The molecule has 1 aliphatic heterocycles. The topological polar surface area (TPSA) is 23.6 Å². The van der Waals surface area contributed by atoms with Crippen molar-refractivity contribution in [2.45, 2.75) is 13.5 Å². The summed E-state index contributed by atoms with van der Waals surface area (Å²) >= 11 is 7.26. The molecule has 2 heterocycles. The Bertz CT molecular complexity index is 662. The second-order valence-corrected chi connectivity index (χ2v) is 7.38. The molecular formula is C17H19ClN2OS. The van der Waals surface area contributed by atoms with Crippen molar-refractivity contribution in [1.82, 2.24) is 9.80 Å². The largest absolute Gasteiger partial charge is 0.335 e. The Kier molecular flexibility index (Phi) is 4.81. The van der Waals surface area contributed by atoms with E-state index in [-0.39, 0.29) is 5.91 Å². The van der Waals surface area contributed by atoms with Crippen molar-refractivity contribution < 1.29 is 4.79 Å². The predicted molar refractivity (Wildman–Crippen MR) is 91.7 cm³/mol. The molecule has 3 nitrogen and oxygen atoms in total. The SMILES string of the molecule is Cc1cccc(CN2CCN(C(=O)c3ccc(Cl)s3)CC2)c1. The first-order valence-corrected chi connectivity index (χ1v) is 8.64. The molecule has 1 aromatic heterocycles. The minimum atomic E-state index is 0.104. The van der Waals surface area contributed by atoms with E-state index < -0.39 is 0 Å². The summed E-state index contributed by atoms with van der Waals surface area (Å²) in [6, 6.07) is 12.2. The highest BCUT2D eigenvalue weighted by molar-refractivity contribution is 7.17. The third-order valence-corrected chi connectivity index (χ3v) is 5.15. The van der Waals surface area contributed by atoms with Gasteiger partial charge in [0.05, 0.1) is 9.21 Å². The van der Waals surface area contributed by atoms with Crippen LogP contribution in [-0.4, -0.2) is 41.9 Å². The number of carbonyl (C=O) groups excluding carboxylic acids is 1. The summed E-state index contributed by atoms with van der Waals surface area (Å²) in [6.07, 6.45) is 0. The highest BCUT2D eigenvalue weighted by atomic mass is 35.5. The van der Waals surface area contributed by atoms with Crippen molar-refractivity contribution in [3.63, 3.8) is 0 Å². The zero-order valence-electron chi connectivity index (χ0n) is 12.6. The van der Waals surface area contributed by atoms with Crippen molar-refractivity contribution in [3.05, 3.63) is 56.7 Å². The lowest BCUT2D eigenvalue weighted by Gasteiger charge is -2.34. The van der Waals surface area contributed by atoms with Crippen molar-refractivity contribution in [3.8, 4) is 0 Å². The lowest BCUT2D eigenvalue weighted by Crippen LogP contribution is -2.48. The van der Waals surface area contributed by atoms with Crippen LogP contribution in [0.25, 0.3) is 0 Å². The Morgan fingerprint density at radius 1 is 1.18 bits per heavy atom. The number of aryl methyl sites for hydroxylation is 1. The van der Waals surface area contributed by atoms with Crippen molar-refractivity contribution in [2.24, 2.45) is 0 Å². The summed E-state index contributed by atoms with van der Waals surface area (Å²) in [5, 5.41) is 0. The van der Waals surface area contributed by atoms with Gasteiger partial charge in [-0.1, -0.05) is 41.4 Å². The molecule has 0 N–H and O–H groups in total. The number of thiophene rings is 1. The first-order valence-electron chi connectivity index (χ1n) is 7.44. The Hall–Kier alpha value is -1.36. The fourth-order valence-corrected chi connectivity index (χ4v) is 3.77. The lowest BCUT2D eigenvalue weighted by molar-refractivity contribution is 0.0633. The monoisotopic (exact) mass is 334 g/mol. The summed E-state index contributed by atoms with van der Waals surface area (Å²) in [6.45, 7) is 6.46. The molecule has 0 aliphatic carbocycles. The van der Waals surface area contributed by atoms with E-state index in [0.717, 1.165) is 37.6 Å². The van der Waals surface area contributed by atoms with Gasteiger partial charge in [0.25, 0.3) is 5.91 Å². The summed E-state index contributed by atoms with van der Waals surface area (Å²) in [5.74, 6) is 0.104. The average Bonchev–Trinajstić information content (AvgIpc) is 2.94. The van der Waals surface area contributed by atoms with Crippen LogP contribution in [0.4, 0.5) is 0 Å². The van der Waals surface area contributed by atoms with Gasteiger partial charge in [-0.15, -0.1) is 11.3 Å². The smallest absolute Gasteiger partial charge is 0.264 e. The van der Waals surface area contributed by atoms with Crippen LogP contribution in [0, 0.1) is 6.92 Å². The molecule has 0 radical (unpaired) electrons. The number of hydrogen-bond acceptors (Lipinski definition) is 3. The minimum absolute atomic E-state index is 0.104. The Balaban J connectivity index is 1.55. The Morgan fingerprint density at radius 3 is 2.59 bits per heavy atom. The van der Waals surface area contributed by atoms with Gasteiger partial charge in [0.1, 0.15) is 0 Å². The minimum Gasteiger partial charge on any atom is -0.335 e. The molecule has 2 aromatic rings. The summed E-state index contributed by atoms with van der Waals surface area (Å²) in [4.78, 5) is 17.4. The second kappa shape index (κ2) is 6.82. The number of rotatable bonds is 3. The third-order valence-electron chi connectivity index (χ3n) is 3.93. The zero-order valence-corrected chi connectivity index (χ0v) is 14.2. The fourth-order valence-electron chi connectivity index (χ4n) is 2.76. The van der Waals surface area contributed by atoms with Crippen LogP contribution >= 0.6 is 22.9 Å². The molecule has 0 atom stereocenters. The predicted octanol–water partition coefficient (Wildman–Crippen LogP) is 3.67. The third kappa shape index (κ3) is 3.69. The van der Waals surface area contributed by atoms with E-state index in [9.17, 15) is 4.79 Å². The van der Waals surface area contributed by atoms with E-state index in [1.165, 1.54) is 22.5 Å². The van der Waals surface area contributed by atoms with Gasteiger partial charge in [-0.25, -0.2) is 0 Å². The number of amides is 1. The van der Waals surface area contributed by atoms with Crippen LogP contribution in [0.1, 0.15) is 20.8 Å². The van der Waals surface area contributed by atoms with Crippen molar-refractivity contribution in [2.75, 3.05) is 26.2 Å². The Morgan fingerprint density at radius 2 is 1.95 bits per heavy atom. The molecular weight excluding hydrogens is 316 g/mol. The van der Waals surface area contributed by atoms with Crippen LogP contribution in [0.3, 0.4) is 0 Å². The molecule has 116 valence electrons. The van der Waals surface area contributed by atoms with Gasteiger partial charge in [-0.2, -0.15) is 0 Å². The molecule has 22 heavy (non-hydrogen) atoms. The molecule has 0 unspecified atom stereocenters. The van der Waals surface area contributed by atoms with Crippen LogP contribution in [0.5, 0.6) is 0 Å². The van der Waals surface area contributed by atoms with Crippen molar-refractivity contribution >= 4 is 28.8 Å². The summed E-state index contributed by atoms with van der Waals surface area (Å²) < 4.78 is 0.668.